The van der Waals surface area contributed by atoms with Crippen LogP contribution in [-0.2, 0) is 14.5 Å². The zero-order valence-electron chi connectivity index (χ0n) is 6.53. The molecule has 7 heteroatoms. The molecule has 0 aromatic heterocycles. The van der Waals surface area contributed by atoms with Crippen LogP contribution in [0.5, 0.6) is 0 Å². The molecule has 4 N–H and O–H groups in total. The van der Waals surface area contributed by atoms with Gasteiger partial charge in [0, 0.05) is 0 Å². The number of hydrogen-bond donors (Lipinski definition) is 4. The topological polar surface area (TPSA) is 115 Å². The highest BCUT2D eigenvalue weighted by atomic mass is 17.4. The summed E-state index contributed by atoms with van der Waals surface area (Å²) in [6, 6.07) is 0. The van der Waals surface area contributed by atoms with Crippen molar-refractivity contribution in [3.63, 3.8) is 0 Å². The molecule has 2 heterocycles. The summed E-state index contributed by atoms with van der Waals surface area (Å²) < 4.78 is 4.74. The van der Waals surface area contributed by atoms with Crippen LogP contribution in [0.1, 0.15) is 0 Å². The molecule has 0 aromatic carbocycles. The fourth-order valence-corrected chi connectivity index (χ4v) is 1.35. The Labute approximate surface area is 73.0 Å². The second-order valence-corrected chi connectivity index (χ2v) is 3.02. The predicted octanol–water partition coefficient (Wildman–Crippen LogP) is -2.92. The first-order valence-electron chi connectivity index (χ1n) is 3.79. The van der Waals surface area contributed by atoms with Gasteiger partial charge < -0.3 is 25.2 Å². The maximum Gasteiger partial charge on any atom is 0.290 e. The molecule has 2 aliphatic rings. The third-order valence-electron chi connectivity index (χ3n) is 2.22. The van der Waals surface area contributed by atoms with Crippen LogP contribution in [0.25, 0.3) is 0 Å². The van der Waals surface area contributed by atoms with E-state index in [1.165, 1.54) is 0 Å². The molecule has 13 heavy (non-hydrogen) atoms. The van der Waals surface area contributed by atoms with Crippen molar-refractivity contribution in [2.24, 2.45) is 0 Å². The Balaban J connectivity index is 2.16. The van der Waals surface area contributed by atoms with Crippen molar-refractivity contribution in [3.8, 4) is 0 Å². The van der Waals surface area contributed by atoms with Crippen LogP contribution < -0.4 is 0 Å². The normalized spacial score (nSPS) is 48.0. The maximum absolute atomic E-state index is 9.39. The molecule has 2 fully saturated rings. The van der Waals surface area contributed by atoms with E-state index in [0.29, 0.717) is 0 Å². The summed E-state index contributed by atoms with van der Waals surface area (Å²) in [6.07, 6.45) is -5.50. The van der Waals surface area contributed by atoms with Crippen molar-refractivity contribution in [1.29, 1.82) is 0 Å². The lowest BCUT2D eigenvalue weighted by Gasteiger charge is -2.35. The Morgan fingerprint density at radius 2 is 1.77 bits per heavy atom. The third kappa shape index (κ3) is 1.17. The first-order chi connectivity index (χ1) is 6.12. The van der Waals surface area contributed by atoms with E-state index in [4.69, 9.17) is 20.1 Å². The van der Waals surface area contributed by atoms with Gasteiger partial charge >= 0.3 is 0 Å². The monoisotopic (exact) mass is 194 g/mol. The average Bonchev–Trinajstić information content (AvgIpc) is 2.90. The van der Waals surface area contributed by atoms with E-state index < -0.39 is 37.0 Å². The summed E-state index contributed by atoms with van der Waals surface area (Å²) >= 11 is 0. The molecule has 1 spiro atoms. The van der Waals surface area contributed by atoms with Gasteiger partial charge in [-0.3, -0.25) is 0 Å². The molecule has 0 amide bonds. The molecule has 0 unspecified atom stereocenters. The van der Waals surface area contributed by atoms with Crippen LogP contribution in [0.4, 0.5) is 0 Å². The van der Waals surface area contributed by atoms with Gasteiger partial charge in [0.25, 0.3) is 5.79 Å². The molecule has 2 saturated heterocycles. The second kappa shape index (κ2) is 2.85. The van der Waals surface area contributed by atoms with Crippen molar-refractivity contribution < 1.29 is 34.9 Å². The van der Waals surface area contributed by atoms with Gasteiger partial charge in [-0.05, 0) is 0 Å². The lowest BCUT2D eigenvalue weighted by atomic mass is 9.97. The number of hydrogen-bond acceptors (Lipinski definition) is 7. The van der Waals surface area contributed by atoms with Gasteiger partial charge in [0.2, 0.25) is 0 Å². The number of aliphatic hydroxyl groups is 4. The van der Waals surface area contributed by atoms with E-state index in [1.54, 1.807) is 0 Å². The quantitative estimate of drug-likeness (QED) is 0.261. The minimum absolute atomic E-state index is 0.485. The fraction of sp³-hybridized carbons (Fsp3) is 1.00. The van der Waals surface area contributed by atoms with E-state index in [0.717, 1.165) is 0 Å². The van der Waals surface area contributed by atoms with Crippen LogP contribution >= 0.6 is 0 Å². The van der Waals surface area contributed by atoms with Crippen molar-refractivity contribution in [3.05, 3.63) is 0 Å². The van der Waals surface area contributed by atoms with Gasteiger partial charge in [-0.25, -0.2) is 0 Å². The van der Waals surface area contributed by atoms with Gasteiger partial charge in [0.15, 0.2) is 6.29 Å². The van der Waals surface area contributed by atoms with Crippen LogP contribution in [0.15, 0.2) is 0 Å². The van der Waals surface area contributed by atoms with Crippen molar-refractivity contribution in [2.75, 3.05) is 6.61 Å². The number of rotatable bonds is 1. The smallest absolute Gasteiger partial charge is 0.290 e. The van der Waals surface area contributed by atoms with E-state index in [1.807, 2.05) is 0 Å². The first-order valence-corrected chi connectivity index (χ1v) is 3.79. The van der Waals surface area contributed by atoms with Crippen LogP contribution in [0, 0.1) is 0 Å². The maximum atomic E-state index is 9.39. The number of aliphatic hydroxyl groups excluding tert-OH is 4. The highest BCUT2D eigenvalue weighted by Crippen LogP contribution is 2.43. The molecule has 4 atom stereocenters. The Morgan fingerprint density at radius 3 is 2.23 bits per heavy atom. The van der Waals surface area contributed by atoms with Crippen LogP contribution in [-0.4, -0.2) is 57.4 Å². The number of ether oxygens (including phenoxy) is 1. The highest BCUT2D eigenvalue weighted by molar-refractivity contribution is 4.99. The molecule has 7 nitrogen and oxygen atoms in total. The third-order valence-corrected chi connectivity index (χ3v) is 2.22. The second-order valence-electron chi connectivity index (χ2n) is 3.02. The van der Waals surface area contributed by atoms with Gasteiger partial charge in [0.1, 0.15) is 18.3 Å². The molecule has 0 bridgehead atoms. The van der Waals surface area contributed by atoms with Crippen molar-refractivity contribution in [1.82, 2.24) is 0 Å². The lowest BCUT2D eigenvalue weighted by Crippen LogP contribution is -2.60. The molecule has 76 valence electrons. The molecular weight excluding hydrogens is 184 g/mol. The zero-order chi connectivity index (χ0) is 9.64. The standard InChI is InChI=1S/C6H10O7/c7-1-2-6(12-13-6)4(9)3(8)5(10)11-2/h2-5,7-10H,1H2/t2-,3-,4-,5-/m1/s1. The van der Waals surface area contributed by atoms with Gasteiger partial charge in [0.05, 0.1) is 6.61 Å². The summed E-state index contributed by atoms with van der Waals surface area (Å²) in [7, 11) is 0. The lowest BCUT2D eigenvalue weighted by molar-refractivity contribution is -0.282. The average molecular weight is 194 g/mol. The molecule has 0 radical (unpaired) electrons. The molecule has 0 saturated carbocycles. The van der Waals surface area contributed by atoms with Gasteiger partial charge in [-0.15, -0.1) is 0 Å². The Hall–Kier alpha value is -0.280. The Kier molecular flexibility index (Phi) is 2.04. The SMILES string of the molecule is OC[C@H]1O[C@@H](O)[C@H](O)[C@@H](O)C12OO2. The van der Waals surface area contributed by atoms with Crippen molar-refractivity contribution in [2.45, 2.75) is 30.4 Å². The summed E-state index contributed by atoms with van der Waals surface area (Å²) in [5.41, 5.74) is 0. The van der Waals surface area contributed by atoms with E-state index in [-0.39, 0.29) is 0 Å². The Morgan fingerprint density at radius 1 is 1.15 bits per heavy atom. The summed E-state index contributed by atoms with van der Waals surface area (Å²) in [5.74, 6) is -1.52. The van der Waals surface area contributed by atoms with E-state index in [2.05, 4.69) is 9.78 Å². The molecule has 0 aromatic rings. The van der Waals surface area contributed by atoms with Gasteiger partial charge in [-0.2, -0.15) is 9.78 Å². The van der Waals surface area contributed by atoms with E-state index in [9.17, 15) is 5.11 Å². The predicted molar refractivity (Wildman–Crippen MR) is 34.9 cm³/mol. The molecule has 0 aliphatic carbocycles. The summed E-state index contributed by atoms with van der Waals surface area (Å²) in [5, 5.41) is 36.4. The minimum Gasteiger partial charge on any atom is -0.393 e. The molecule has 2 rings (SSSR count). The van der Waals surface area contributed by atoms with Crippen LogP contribution in [0.3, 0.4) is 0 Å². The summed E-state index contributed by atoms with van der Waals surface area (Å²) in [6.45, 7) is -0.485. The Bertz CT molecular complexity index is 199. The fourth-order valence-electron chi connectivity index (χ4n) is 1.35. The minimum atomic E-state index is -1.55. The van der Waals surface area contributed by atoms with Crippen molar-refractivity contribution >= 4 is 0 Å². The highest BCUT2D eigenvalue weighted by Gasteiger charge is 2.68. The first kappa shape index (κ1) is 9.28. The molecular formula is C6H10O7. The molecule has 2 aliphatic heterocycles. The van der Waals surface area contributed by atoms with Gasteiger partial charge in [-0.1, -0.05) is 0 Å². The summed E-state index contributed by atoms with van der Waals surface area (Å²) in [4.78, 5) is 8.93. The van der Waals surface area contributed by atoms with Crippen LogP contribution in [0.2, 0.25) is 0 Å². The van der Waals surface area contributed by atoms with E-state index >= 15 is 0 Å². The largest absolute Gasteiger partial charge is 0.393 e. The zero-order valence-corrected chi connectivity index (χ0v) is 6.53.